The summed E-state index contributed by atoms with van der Waals surface area (Å²) >= 11 is 0. The van der Waals surface area contributed by atoms with Crippen LogP contribution in [0.2, 0.25) is 0 Å². The first-order valence-electron chi connectivity index (χ1n) is 14.3. The van der Waals surface area contributed by atoms with E-state index >= 15 is 0 Å². The summed E-state index contributed by atoms with van der Waals surface area (Å²) in [6.07, 6.45) is 4.12. The van der Waals surface area contributed by atoms with E-state index in [2.05, 4.69) is 53.7 Å². The average Bonchev–Trinajstić information content (AvgIpc) is 3.38. The smallest absolute Gasteiger partial charge is 0.259 e. The summed E-state index contributed by atoms with van der Waals surface area (Å²) in [7, 11) is 2.13. The van der Waals surface area contributed by atoms with Crippen LogP contribution in [-0.2, 0) is 17.6 Å². The number of carbonyl (C=O) groups excluding carboxylic acids is 1. The molecule has 0 radical (unpaired) electrons. The van der Waals surface area contributed by atoms with Crippen LogP contribution >= 0.6 is 0 Å². The highest BCUT2D eigenvalue weighted by molar-refractivity contribution is 6.10. The van der Waals surface area contributed by atoms with Gasteiger partial charge in [0.15, 0.2) is 17.0 Å². The molecule has 2 aliphatic heterocycles. The summed E-state index contributed by atoms with van der Waals surface area (Å²) in [5, 5.41) is 13.6. The molecule has 220 valence electrons. The van der Waals surface area contributed by atoms with Crippen molar-refractivity contribution in [3.8, 4) is 0 Å². The molecule has 2 aromatic carbocycles. The Bertz CT molecular complexity index is 1540. The number of amides is 1. The second kappa shape index (κ2) is 12.4. The molecule has 0 atom stereocenters. The Morgan fingerprint density at radius 3 is 2.57 bits per heavy atom. The van der Waals surface area contributed by atoms with Crippen molar-refractivity contribution in [3.05, 3.63) is 71.1 Å². The first kappa shape index (κ1) is 28.0. The van der Waals surface area contributed by atoms with Gasteiger partial charge in [0.2, 0.25) is 0 Å². The Morgan fingerprint density at radius 1 is 1.05 bits per heavy atom. The van der Waals surface area contributed by atoms with E-state index in [0.717, 1.165) is 56.5 Å². The van der Waals surface area contributed by atoms with Gasteiger partial charge >= 0.3 is 0 Å². The standard InChI is InChI=1S/C30H34F2N8O2/c1-39-8-10-40(11-9-39)24-4-5-25(26(17-24)34-22-6-12-42-13-7-22)30(41)36-29-27-28(37-38-29)33-18-23(35-27)3-2-19-14-20(31)16-21(32)15-19/h4-5,14-18,22,34H,2-3,6-13H2,1H3,(H2,33,36,37,38,41). The summed E-state index contributed by atoms with van der Waals surface area (Å²) < 4.78 is 32.7. The molecule has 1 amide bonds. The number of anilines is 3. The largest absolute Gasteiger partial charge is 0.381 e. The van der Waals surface area contributed by atoms with E-state index in [1.165, 1.54) is 12.1 Å². The van der Waals surface area contributed by atoms with Crippen LogP contribution in [0.15, 0.2) is 42.6 Å². The minimum atomic E-state index is -0.617. The van der Waals surface area contributed by atoms with E-state index in [4.69, 9.17) is 4.74 Å². The van der Waals surface area contributed by atoms with Crippen molar-refractivity contribution < 1.29 is 18.3 Å². The van der Waals surface area contributed by atoms with Crippen molar-refractivity contribution in [2.24, 2.45) is 0 Å². The molecule has 10 nitrogen and oxygen atoms in total. The van der Waals surface area contributed by atoms with Gasteiger partial charge in [0.25, 0.3) is 5.91 Å². The molecule has 2 aromatic heterocycles. The number of hydrogen-bond donors (Lipinski definition) is 3. The van der Waals surface area contributed by atoms with Crippen molar-refractivity contribution in [2.45, 2.75) is 31.7 Å². The van der Waals surface area contributed by atoms with E-state index in [0.29, 0.717) is 54.0 Å². The summed E-state index contributed by atoms with van der Waals surface area (Å²) in [6, 6.07) is 9.57. The average molecular weight is 577 g/mol. The van der Waals surface area contributed by atoms with Gasteiger partial charge in [-0.05, 0) is 68.6 Å². The molecule has 0 saturated carbocycles. The summed E-state index contributed by atoms with van der Waals surface area (Å²) in [5.74, 6) is -1.28. The number of benzene rings is 2. The molecule has 0 bridgehead atoms. The number of carbonyl (C=O) groups is 1. The third-order valence-electron chi connectivity index (χ3n) is 7.84. The number of halogens is 2. The lowest BCUT2D eigenvalue weighted by Gasteiger charge is -2.34. The van der Waals surface area contributed by atoms with Crippen molar-refractivity contribution in [2.75, 3.05) is 62.0 Å². The molecule has 0 unspecified atom stereocenters. The van der Waals surface area contributed by atoms with Gasteiger partial charge in [0.1, 0.15) is 11.6 Å². The van der Waals surface area contributed by atoms with Gasteiger partial charge in [-0.3, -0.25) is 9.89 Å². The molecule has 0 aliphatic carbocycles. The zero-order chi connectivity index (χ0) is 29.1. The molecule has 3 N–H and O–H groups in total. The summed E-state index contributed by atoms with van der Waals surface area (Å²) in [5.41, 5.74) is 4.34. The monoisotopic (exact) mass is 576 g/mol. The lowest BCUT2D eigenvalue weighted by molar-refractivity contribution is 0.0904. The SMILES string of the molecule is CN1CCN(c2ccc(C(=O)Nc3n[nH]c4ncc(CCc5cc(F)cc(F)c5)nc34)c(NC3CCOCC3)c2)CC1. The number of aromatic amines is 1. The fourth-order valence-electron chi connectivity index (χ4n) is 5.42. The highest BCUT2D eigenvalue weighted by Crippen LogP contribution is 2.28. The molecule has 0 spiro atoms. The van der Waals surface area contributed by atoms with E-state index < -0.39 is 11.6 Å². The molecule has 6 rings (SSSR count). The number of piperazine rings is 1. The zero-order valence-electron chi connectivity index (χ0n) is 23.5. The van der Waals surface area contributed by atoms with E-state index in [9.17, 15) is 13.6 Å². The third kappa shape index (κ3) is 6.50. The molecular weight excluding hydrogens is 542 g/mol. The fraction of sp³-hybridized carbons (Fsp3) is 0.400. The minimum Gasteiger partial charge on any atom is -0.381 e. The van der Waals surface area contributed by atoms with Gasteiger partial charge in [-0.25, -0.2) is 18.7 Å². The number of H-pyrrole nitrogens is 1. The van der Waals surface area contributed by atoms with Crippen LogP contribution < -0.4 is 15.5 Å². The number of nitrogens with one attached hydrogen (secondary N) is 3. The van der Waals surface area contributed by atoms with Gasteiger partial charge in [0, 0.05) is 62.9 Å². The Kier molecular flexibility index (Phi) is 8.24. The Morgan fingerprint density at radius 2 is 1.81 bits per heavy atom. The highest BCUT2D eigenvalue weighted by Gasteiger charge is 2.22. The maximum atomic E-state index is 13.6. The van der Waals surface area contributed by atoms with E-state index in [1.54, 1.807) is 6.20 Å². The minimum absolute atomic E-state index is 0.208. The molecule has 12 heteroatoms. The first-order valence-corrected chi connectivity index (χ1v) is 14.3. The van der Waals surface area contributed by atoms with Crippen molar-refractivity contribution in [3.63, 3.8) is 0 Å². The fourth-order valence-corrected chi connectivity index (χ4v) is 5.42. The normalized spacial score (nSPS) is 16.6. The number of rotatable bonds is 8. The lowest BCUT2D eigenvalue weighted by atomic mass is 10.1. The van der Waals surface area contributed by atoms with E-state index in [1.807, 2.05) is 12.1 Å². The lowest BCUT2D eigenvalue weighted by Crippen LogP contribution is -2.44. The zero-order valence-corrected chi connectivity index (χ0v) is 23.5. The number of aromatic nitrogens is 4. The van der Waals surface area contributed by atoms with Gasteiger partial charge in [-0.15, -0.1) is 0 Å². The number of hydrogen-bond acceptors (Lipinski definition) is 8. The number of fused-ring (bicyclic) bond motifs is 1. The van der Waals surface area contributed by atoms with Crippen LogP contribution in [0.1, 0.15) is 34.5 Å². The maximum Gasteiger partial charge on any atom is 0.259 e. The molecule has 2 aliphatic rings. The van der Waals surface area contributed by atoms with Gasteiger partial charge < -0.3 is 25.2 Å². The highest BCUT2D eigenvalue weighted by atomic mass is 19.1. The number of nitrogens with zero attached hydrogens (tertiary/aromatic N) is 5. The number of ether oxygens (including phenoxy) is 1. The molecule has 2 fully saturated rings. The summed E-state index contributed by atoms with van der Waals surface area (Å²) in [4.78, 5) is 27.3. The predicted octanol–water partition coefficient (Wildman–Crippen LogP) is 4.01. The Labute approximate surface area is 242 Å². The summed E-state index contributed by atoms with van der Waals surface area (Å²) in [6.45, 7) is 5.19. The van der Waals surface area contributed by atoms with E-state index in [-0.39, 0.29) is 17.8 Å². The molecular formula is C30H34F2N8O2. The maximum absolute atomic E-state index is 13.6. The van der Waals surface area contributed by atoms with Gasteiger partial charge in [0.05, 0.1) is 17.5 Å². The van der Waals surface area contributed by atoms with Crippen LogP contribution in [0.5, 0.6) is 0 Å². The van der Waals surface area contributed by atoms with Crippen LogP contribution in [0.4, 0.5) is 26.0 Å². The van der Waals surface area contributed by atoms with Crippen LogP contribution in [-0.4, -0.2) is 83.5 Å². The second-order valence-electron chi connectivity index (χ2n) is 10.9. The second-order valence-corrected chi connectivity index (χ2v) is 10.9. The Balaban J connectivity index is 1.22. The van der Waals surface area contributed by atoms with Crippen LogP contribution in [0.25, 0.3) is 11.2 Å². The molecule has 4 heterocycles. The van der Waals surface area contributed by atoms with Gasteiger partial charge in [-0.1, -0.05) is 0 Å². The topological polar surface area (TPSA) is 111 Å². The predicted molar refractivity (Wildman–Crippen MR) is 157 cm³/mol. The third-order valence-corrected chi connectivity index (χ3v) is 7.84. The number of aryl methyl sites for hydroxylation is 2. The Hall–Kier alpha value is -4.16. The number of likely N-dealkylation sites (N-methyl/N-ethyl adjacent to an activating group) is 1. The van der Waals surface area contributed by atoms with Crippen molar-refractivity contribution in [1.29, 1.82) is 0 Å². The molecule has 4 aromatic rings. The van der Waals surface area contributed by atoms with Gasteiger partial charge in [-0.2, -0.15) is 5.10 Å². The van der Waals surface area contributed by atoms with Crippen molar-refractivity contribution in [1.82, 2.24) is 25.1 Å². The quantitative estimate of drug-likeness (QED) is 0.289. The van der Waals surface area contributed by atoms with Crippen LogP contribution in [0, 0.1) is 11.6 Å². The first-order chi connectivity index (χ1) is 20.4. The molecule has 42 heavy (non-hydrogen) atoms. The molecule has 2 saturated heterocycles. The van der Waals surface area contributed by atoms with Crippen LogP contribution in [0.3, 0.4) is 0 Å². The van der Waals surface area contributed by atoms with Crippen molar-refractivity contribution >= 4 is 34.3 Å².